The maximum absolute atomic E-state index is 14.0. The summed E-state index contributed by atoms with van der Waals surface area (Å²) >= 11 is 0. The zero-order valence-corrected chi connectivity index (χ0v) is 15.7. The van der Waals surface area contributed by atoms with Gasteiger partial charge in [0.15, 0.2) is 0 Å². The molecule has 1 saturated heterocycles. The van der Waals surface area contributed by atoms with Crippen LogP contribution < -0.4 is 10.6 Å². The molecule has 0 radical (unpaired) electrons. The molecule has 2 atom stereocenters. The second-order valence-electron chi connectivity index (χ2n) is 7.31. The molecule has 7 nitrogen and oxygen atoms in total. The fourth-order valence-electron chi connectivity index (χ4n) is 3.99. The Balaban J connectivity index is 1.84. The van der Waals surface area contributed by atoms with E-state index in [0.29, 0.717) is 24.5 Å². The first kappa shape index (κ1) is 18.3. The molecule has 1 amide bonds. The van der Waals surface area contributed by atoms with E-state index < -0.39 is 0 Å². The lowest BCUT2D eigenvalue weighted by atomic mass is 9.98. The molecule has 2 unspecified atom stereocenters. The quantitative estimate of drug-likeness (QED) is 0.649. The summed E-state index contributed by atoms with van der Waals surface area (Å²) in [6.07, 6.45) is 9.01. The lowest BCUT2D eigenvalue weighted by Crippen LogP contribution is -2.36. The van der Waals surface area contributed by atoms with Gasteiger partial charge in [-0.25, -0.2) is 9.38 Å². The molecule has 3 aliphatic rings. The average molecular weight is 382 g/mol. The van der Waals surface area contributed by atoms with Gasteiger partial charge in [0.05, 0.1) is 17.8 Å². The second kappa shape index (κ2) is 7.53. The Bertz CT molecular complexity index is 906. The van der Waals surface area contributed by atoms with Crippen molar-refractivity contribution in [1.29, 1.82) is 5.41 Å². The molecule has 0 saturated carbocycles. The van der Waals surface area contributed by atoms with Crippen LogP contribution in [0.1, 0.15) is 43.5 Å². The van der Waals surface area contributed by atoms with Gasteiger partial charge < -0.3 is 20.9 Å². The number of aliphatic imine (C=N–C) groups is 1. The zero-order valence-electron chi connectivity index (χ0n) is 15.7. The Morgan fingerprint density at radius 1 is 1.39 bits per heavy atom. The van der Waals surface area contributed by atoms with E-state index in [1.54, 1.807) is 12.3 Å². The highest BCUT2D eigenvalue weighted by molar-refractivity contribution is 6.12. The molecule has 1 fully saturated rings. The summed E-state index contributed by atoms with van der Waals surface area (Å²) in [7, 11) is 0. The normalized spacial score (nSPS) is 27.3. The minimum atomic E-state index is -0.342. The number of amidine groups is 1. The van der Waals surface area contributed by atoms with E-state index in [0.717, 1.165) is 36.9 Å². The van der Waals surface area contributed by atoms with Gasteiger partial charge in [-0.15, -0.1) is 0 Å². The van der Waals surface area contributed by atoms with Crippen LogP contribution in [0.25, 0.3) is 0 Å². The Kier molecular flexibility index (Phi) is 4.93. The highest BCUT2D eigenvalue weighted by Crippen LogP contribution is 2.35. The molecule has 2 bridgehead atoms. The number of halogens is 1. The first-order chi connectivity index (χ1) is 13.6. The smallest absolute Gasteiger partial charge is 0.256 e. The standard InChI is InChI=1S/C20H23FN6O/c1-12-4-5-16-14(9-13(21)11-24-16)17-3-2-8-27(17)18-6-7-23-19(26-18)15(10-22)20(28)25-12/h6-7,9-12,17,22-23H,2-5,8H2,1H3,(H,25,28)/b19-15-,22-10?. The third-order valence-corrected chi connectivity index (χ3v) is 5.39. The molecule has 3 N–H and O–H groups in total. The van der Waals surface area contributed by atoms with Crippen molar-refractivity contribution < 1.29 is 9.18 Å². The summed E-state index contributed by atoms with van der Waals surface area (Å²) in [6.45, 7) is 2.71. The van der Waals surface area contributed by atoms with E-state index in [4.69, 9.17) is 5.41 Å². The van der Waals surface area contributed by atoms with Crippen molar-refractivity contribution in [2.24, 2.45) is 4.99 Å². The predicted octanol–water partition coefficient (Wildman–Crippen LogP) is 2.19. The van der Waals surface area contributed by atoms with Crippen molar-refractivity contribution in [2.45, 2.75) is 44.7 Å². The number of nitrogens with zero attached hydrogens (tertiary/aromatic N) is 3. The lowest BCUT2D eigenvalue weighted by molar-refractivity contribution is -0.117. The van der Waals surface area contributed by atoms with Crippen LogP contribution in [0.15, 0.2) is 40.9 Å². The van der Waals surface area contributed by atoms with E-state index in [-0.39, 0.29) is 29.4 Å². The van der Waals surface area contributed by atoms with E-state index in [1.807, 2.05) is 13.0 Å². The van der Waals surface area contributed by atoms with Crippen molar-refractivity contribution in [3.63, 3.8) is 0 Å². The number of nitrogens with one attached hydrogen (secondary N) is 3. The number of carbonyl (C=O) groups excluding carboxylic acids is 1. The summed E-state index contributed by atoms with van der Waals surface area (Å²) in [5.41, 5.74) is 1.94. The number of aromatic nitrogens is 1. The van der Waals surface area contributed by atoms with Crippen LogP contribution in [0.4, 0.5) is 4.39 Å². The molecule has 3 aliphatic heterocycles. The minimum Gasteiger partial charge on any atom is -0.349 e. The average Bonchev–Trinajstić information content (AvgIpc) is 3.17. The molecule has 0 aliphatic carbocycles. The third-order valence-electron chi connectivity index (χ3n) is 5.39. The SMILES string of the molecule is CC1CCc2ncc(F)cc2C2CCCN2C2=N/C(=C(/C=N)C(=O)N1)NC=C2. The van der Waals surface area contributed by atoms with Crippen molar-refractivity contribution in [2.75, 3.05) is 6.54 Å². The topological polar surface area (TPSA) is 93.5 Å². The number of hydrogen-bond donors (Lipinski definition) is 3. The van der Waals surface area contributed by atoms with E-state index in [2.05, 4.69) is 25.5 Å². The van der Waals surface area contributed by atoms with E-state index in [9.17, 15) is 9.18 Å². The Morgan fingerprint density at radius 2 is 2.25 bits per heavy atom. The Morgan fingerprint density at radius 3 is 3.07 bits per heavy atom. The largest absolute Gasteiger partial charge is 0.349 e. The molecule has 146 valence electrons. The van der Waals surface area contributed by atoms with Gasteiger partial charge in [0.2, 0.25) is 0 Å². The van der Waals surface area contributed by atoms with Gasteiger partial charge in [0.25, 0.3) is 5.91 Å². The van der Waals surface area contributed by atoms with Crippen LogP contribution in [0, 0.1) is 11.2 Å². The monoisotopic (exact) mass is 382 g/mol. The van der Waals surface area contributed by atoms with Crippen LogP contribution in [0.3, 0.4) is 0 Å². The summed E-state index contributed by atoms with van der Waals surface area (Å²) < 4.78 is 14.0. The molecule has 0 spiro atoms. The van der Waals surface area contributed by atoms with Crippen LogP contribution >= 0.6 is 0 Å². The maximum atomic E-state index is 14.0. The summed E-state index contributed by atoms with van der Waals surface area (Å²) in [4.78, 5) is 23.8. The van der Waals surface area contributed by atoms with Crippen molar-refractivity contribution in [1.82, 2.24) is 20.5 Å². The first-order valence-electron chi connectivity index (χ1n) is 9.55. The molecule has 4 heterocycles. The van der Waals surface area contributed by atoms with Gasteiger partial charge in [0, 0.05) is 30.7 Å². The van der Waals surface area contributed by atoms with Crippen LogP contribution in [0.5, 0.6) is 0 Å². The summed E-state index contributed by atoms with van der Waals surface area (Å²) in [6, 6.07) is 1.45. The minimum absolute atomic E-state index is 0.0101. The van der Waals surface area contributed by atoms with Crippen molar-refractivity contribution in [3.8, 4) is 0 Å². The molecular formula is C20H23FN6O. The third kappa shape index (κ3) is 3.42. The van der Waals surface area contributed by atoms with Gasteiger partial charge >= 0.3 is 0 Å². The second-order valence-corrected chi connectivity index (χ2v) is 7.31. The van der Waals surface area contributed by atoms with Crippen molar-refractivity contribution in [3.05, 3.63) is 53.0 Å². The molecule has 8 heteroatoms. The van der Waals surface area contributed by atoms with Crippen LogP contribution in [0.2, 0.25) is 0 Å². The predicted molar refractivity (Wildman–Crippen MR) is 104 cm³/mol. The lowest BCUT2D eigenvalue weighted by Gasteiger charge is -2.29. The molecule has 1 aromatic heterocycles. The number of rotatable bonds is 1. The first-order valence-corrected chi connectivity index (χ1v) is 9.55. The molecule has 28 heavy (non-hydrogen) atoms. The number of amides is 1. The van der Waals surface area contributed by atoms with E-state index >= 15 is 0 Å². The van der Waals surface area contributed by atoms with E-state index in [1.165, 1.54) is 6.20 Å². The fraction of sp³-hybridized carbons (Fsp3) is 0.400. The summed E-state index contributed by atoms with van der Waals surface area (Å²) in [5.74, 6) is 0.365. The van der Waals surface area contributed by atoms with Crippen LogP contribution in [-0.4, -0.2) is 40.4 Å². The van der Waals surface area contributed by atoms with Gasteiger partial charge in [0.1, 0.15) is 17.5 Å². The van der Waals surface area contributed by atoms with Crippen molar-refractivity contribution >= 4 is 18.0 Å². The fourth-order valence-corrected chi connectivity index (χ4v) is 3.99. The Labute approximate surface area is 162 Å². The number of fused-ring (bicyclic) bond motifs is 5. The molecule has 1 aromatic rings. The molecular weight excluding hydrogens is 359 g/mol. The number of carbonyl (C=O) groups is 1. The molecule has 4 rings (SSSR count). The Hall–Kier alpha value is -3.03. The highest BCUT2D eigenvalue weighted by atomic mass is 19.1. The van der Waals surface area contributed by atoms with Gasteiger partial charge in [-0.3, -0.25) is 9.78 Å². The highest BCUT2D eigenvalue weighted by Gasteiger charge is 2.32. The number of pyridine rings is 1. The van der Waals surface area contributed by atoms with Gasteiger partial charge in [-0.05, 0) is 50.3 Å². The molecule has 0 aromatic carbocycles. The summed E-state index contributed by atoms with van der Waals surface area (Å²) in [5, 5.41) is 13.6. The number of hydrogen-bond acceptors (Lipinski definition) is 6. The zero-order chi connectivity index (χ0) is 19.7. The maximum Gasteiger partial charge on any atom is 0.256 e. The number of aryl methyl sites for hydroxylation is 1. The van der Waals surface area contributed by atoms with Gasteiger partial charge in [-0.1, -0.05) is 0 Å². The van der Waals surface area contributed by atoms with Gasteiger partial charge in [-0.2, -0.15) is 0 Å². The van der Waals surface area contributed by atoms with Crippen LogP contribution in [-0.2, 0) is 11.2 Å².